The zero-order valence-electron chi connectivity index (χ0n) is 7.19. The Kier molecular flexibility index (Phi) is 3.41. The fourth-order valence-electron chi connectivity index (χ4n) is 1.05. The van der Waals surface area contributed by atoms with Crippen LogP contribution in [0.1, 0.15) is 12.0 Å². The third-order valence-electron chi connectivity index (χ3n) is 1.76. The topological polar surface area (TPSA) is 43.1 Å². The van der Waals surface area contributed by atoms with Crippen molar-refractivity contribution in [3.63, 3.8) is 0 Å². The maximum Gasteiger partial charge on any atom is 0.217 e. The molecule has 2 nitrogen and oxygen atoms in total. The summed E-state index contributed by atoms with van der Waals surface area (Å²) in [6.45, 7) is 0. The predicted molar refractivity (Wildman–Crippen MR) is 48.9 cm³/mol. The van der Waals surface area contributed by atoms with Crippen LogP contribution in [0.4, 0.5) is 8.78 Å². The summed E-state index contributed by atoms with van der Waals surface area (Å²) >= 11 is 5.51. The molecule has 1 rings (SSSR count). The number of hydrogen-bond donors (Lipinski definition) is 1. The van der Waals surface area contributed by atoms with Crippen molar-refractivity contribution in [2.45, 2.75) is 12.8 Å². The van der Waals surface area contributed by atoms with E-state index >= 15 is 0 Å². The molecule has 14 heavy (non-hydrogen) atoms. The van der Waals surface area contributed by atoms with Gasteiger partial charge in [-0.2, -0.15) is 0 Å². The molecule has 0 bridgehead atoms. The molecule has 0 unspecified atom stereocenters. The lowest BCUT2D eigenvalue weighted by molar-refractivity contribution is -0.117. The molecule has 0 saturated carbocycles. The standard InChI is InChI=1S/C9H8ClF2NO/c10-9-5(1-4-8(13)14)6(11)2-3-7(9)12/h2-3H,1,4H2,(H2,13,14). The van der Waals surface area contributed by atoms with E-state index in [4.69, 9.17) is 17.3 Å². The van der Waals surface area contributed by atoms with Crippen molar-refractivity contribution >= 4 is 17.5 Å². The van der Waals surface area contributed by atoms with Gasteiger partial charge in [-0.05, 0) is 18.6 Å². The number of hydrogen-bond acceptors (Lipinski definition) is 1. The van der Waals surface area contributed by atoms with Gasteiger partial charge in [-0.1, -0.05) is 11.6 Å². The molecule has 2 N–H and O–H groups in total. The number of amides is 1. The smallest absolute Gasteiger partial charge is 0.217 e. The summed E-state index contributed by atoms with van der Waals surface area (Å²) in [7, 11) is 0. The van der Waals surface area contributed by atoms with Crippen LogP contribution >= 0.6 is 11.6 Å². The summed E-state index contributed by atoms with van der Waals surface area (Å²) in [6.07, 6.45) is -0.0438. The molecule has 0 aliphatic rings. The number of benzene rings is 1. The van der Waals surface area contributed by atoms with Gasteiger partial charge < -0.3 is 5.73 Å². The van der Waals surface area contributed by atoms with Crippen molar-refractivity contribution < 1.29 is 13.6 Å². The fourth-order valence-corrected chi connectivity index (χ4v) is 1.29. The van der Waals surface area contributed by atoms with E-state index in [0.29, 0.717) is 0 Å². The van der Waals surface area contributed by atoms with Crippen LogP contribution in [0.5, 0.6) is 0 Å². The highest BCUT2D eigenvalue weighted by Gasteiger charge is 2.12. The molecule has 0 fully saturated rings. The highest BCUT2D eigenvalue weighted by atomic mass is 35.5. The minimum atomic E-state index is -0.701. The van der Waals surface area contributed by atoms with Gasteiger partial charge in [0.25, 0.3) is 0 Å². The lowest BCUT2D eigenvalue weighted by atomic mass is 10.1. The average molecular weight is 220 g/mol. The summed E-state index contributed by atoms with van der Waals surface area (Å²) in [5.74, 6) is -1.91. The number of carbonyl (C=O) groups is 1. The lowest BCUT2D eigenvalue weighted by Crippen LogP contribution is -2.12. The second kappa shape index (κ2) is 4.37. The summed E-state index contributed by atoms with van der Waals surface area (Å²) in [6, 6.07) is 1.91. The SMILES string of the molecule is NC(=O)CCc1c(F)ccc(F)c1Cl. The van der Waals surface area contributed by atoms with Crippen LogP contribution in [0.3, 0.4) is 0 Å². The number of rotatable bonds is 3. The fraction of sp³-hybridized carbons (Fsp3) is 0.222. The minimum absolute atomic E-state index is 0.00883. The third kappa shape index (κ3) is 2.42. The lowest BCUT2D eigenvalue weighted by Gasteiger charge is -2.04. The van der Waals surface area contributed by atoms with Crippen LogP contribution in [0, 0.1) is 11.6 Å². The van der Waals surface area contributed by atoms with Crippen LogP contribution in [-0.4, -0.2) is 5.91 Å². The van der Waals surface area contributed by atoms with Crippen molar-refractivity contribution in [3.8, 4) is 0 Å². The van der Waals surface area contributed by atoms with Gasteiger partial charge >= 0.3 is 0 Å². The quantitative estimate of drug-likeness (QED) is 0.777. The molecule has 1 amide bonds. The van der Waals surface area contributed by atoms with Gasteiger partial charge in [0.15, 0.2) is 0 Å². The Morgan fingerprint density at radius 3 is 2.50 bits per heavy atom. The van der Waals surface area contributed by atoms with Gasteiger partial charge in [-0.25, -0.2) is 8.78 Å². The van der Waals surface area contributed by atoms with Crippen LogP contribution in [0.15, 0.2) is 12.1 Å². The van der Waals surface area contributed by atoms with E-state index in [1.165, 1.54) is 0 Å². The molecular formula is C9H8ClF2NO. The normalized spacial score (nSPS) is 10.2. The largest absolute Gasteiger partial charge is 0.370 e. The van der Waals surface area contributed by atoms with Gasteiger partial charge in [-0.3, -0.25) is 4.79 Å². The van der Waals surface area contributed by atoms with E-state index in [0.717, 1.165) is 12.1 Å². The summed E-state index contributed by atoms with van der Waals surface area (Å²) in [5.41, 5.74) is 4.87. The maximum atomic E-state index is 13.1. The predicted octanol–water partition coefficient (Wildman–Crippen LogP) is 2.04. The van der Waals surface area contributed by atoms with Crippen molar-refractivity contribution in [3.05, 3.63) is 34.4 Å². The molecular weight excluding hydrogens is 212 g/mol. The first-order valence-electron chi connectivity index (χ1n) is 3.93. The summed E-state index contributed by atoms with van der Waals surface area (Å²) < 4.78 is 25.9. The van der Waals surface area contributed by atoms with Crippen molar-refractivity contribution in [1.29, 1.82) is 0 Å². The molecule has 0 aliphatic carbocycles. The Morgan fingerprint density at radius 1 is 1.36 bits per heavy atom. The second-order valence-electron chi connectivity index (χ2n) is 2.79. The number of nitrogens with two attached hydrogens (primary N) is 1. The van der Waals surface area contributed by atoms with Crippen LogP contribution < -0.4 is 5.73 Å². The van der Waals surface area contributed by atoms with E-state index in [2.05, 4.69) is 0 Å². The highest BCUT2D eigenvalue weighted by molar-refractivity contribution is 6.31. The Bertz CT molecular complexity index is 368. The zero-order valence-corrected chi connectivity index (χ0v) is 7.94. The molecule has 0 spiro atoms. The van der Waals surface area contributed by atoms with Crippen molar-refractivity contribution in [2.24, 2.45) is 5.73 Å². The average Bonchev–Trinajstić information content (AvgIpc) is 2.11. The molecule has 0 radical (unpaired) electrons. The van der Waals surface area contributed by atoms with Gasteiger partial charge in [0.2, 0.25) is 5.91 Å². The van der Waals surface area contributed by atoms with Gasteiger partial charge in [-0.15, -0.1) is 0 Å². The van der Waals surface area contributed by atoms with Gasteiger partial charge in [0.05, 0.1) is 5.02 Å². The highest BCUT2D eigenvalue weighted by Crippen LogP contribution is 2.23. The first-order chi connectivity index (χ1) is 6.52. The van der Waals surface area contributed by atoms with Crippen LogP contribution in [0.2, 0.25) is 5.02 Å². The number of halogens is 3. The van der Waals surface area contributed by atoms with E-state index in [9.17, 15) is 13.6 Å². The third-order valence-corrected chi connectivity index (χ3v) is 2.17. The van der Waals surface area contributed by atoms with Gasteiger partial charge in [0.1, 0.15) is 11.6 Å². The number of carbonyl (C=O) groups excluding carboxylic acids is 1. The molecule has 5 heteroatoms. The van der Waals surface area contributed by atoms with E-state index in [1.54, 1.807) is 0 Å². The van der Waals surface area contributed by atoms with Crippen LogP contribution in [0.25, 0.3) is 0 Å². The van der Waals surface area contributed by atoms with Crippen molar-refractivity contribution in [1.82, 2.24) is 0 Å². The zero-order chi connectivity index (χ0) is 10.7. The number of primary amides is 1. The molecule has 0 aromatic heterocycles. The molecule has 76 valence electrons. The molecule has 0 aliphatic heterocycles. The Balaban J connectivity index is 2.95. The Labute approximate surface area is 84.7 Å². The maximum absolute atomic E-state index is 13.1. The molecule has 1 aromatic rings. The molecule has 0 saturated heterocycles. The first-order valence-corrected chi connectivity index (χ1v) is 4.31. The van der Waals surface area contributed by atoms with E-state index in [1.807, 2.05) is 0 Å². The molecule has 0 heterocycles. The van der Waals surface area contributed by atoms with Gasteiger partial charge in [0, 0.05) is 12.0 Å². The molecule has 0 atom stereocenters. The van der Waals surface area contributed by atoms with E-state index < -0.39 is 17.5 Å². The molecule has 1 aromatic carbocycles. The summed E-state index contributed by atoms with van der Waals surface area (Å²) in [4.78, 5) is 10.4. The first kappa shape index (κ1) is 10.9. The van der Waals surface area contributed by atoms with E-state index in [-0.39, 0.29) is 23.4 Å². The Hall–Kier alpha value is -1.16. The van der Waals surface area contributed by atoms with Crippen molar-refractivity contribution in [2.75, 3.05) is 0 Å². The minimum Gasteiger partial charge on any atom is -0.370 e. The monoisotopic (exact) mass is 219 g/mol. The second-order valence-corrected chi connectivity index (χ2v) is 3.17. The Morgan fingerprint density at radius 2 is 1.93 bits per heavy atom. The summed E-state index contributed by atoms with van der Waals surface area (Å²) in [5, 5.41) is -0.286. The van der Waals surface area contributed by atoms with Crippen LogP contribution in [-0.2, 0) is 11.2 Å².